The van der Waals surface area contributed by atoms with Crippen LogP contribution in [0.2, 0.25) is 0 Å². The van der Waals surface area contributed by atoms with Crippen molar-refractivity contribution in [2.24, 2.45) is 11.7 Å². The monoisotopic (exact) mass is 500 g/mol. The van der Waals surface area contributed by atoms with Crippen molar-refractivity contribution >= 4 is 29.3 Å². The van der Waals surface area contributed by atoms with E-state index in [0.29, 0.717) is 35.8 Å². The van der Waals surface area contributed by atoms with E-state index in [1.54, 1.807) is 0 Å². The van der Waals surface area contributed by atoms with E-state index in [2.05, 4.69) is 66.5 Å². The number of aryl methyl sites for hydroxylation is 1. The average Bonchev–Trinajstić information content (AvgIpc) is 3.70. The summed E-state index contributed by atoms with van der Waals surface area (Å²) < 4.78 is 0. The summed E-state index contributed by atoms with van der Waals surface area (Å²) in [5, 5.41) is 6.41. The molecule has 0 bridgehead atoms. The summed E-state index contributed by atoms with van der Waals surface area (Å²) in [6.07, 6.45) is 3.51. The Morgan fingerprint density at radius 3 is 2.41 bits per heavy atom. The Morgan fingerprint density at radius 1 is 1.08 bits per heavy atom. The van der Waals surface area contributed by atoms with Gasteiger partial charge in [-0.1, -0.05) is 32.0 Å². The van der Waals surface area contributed by atoms with Gasteiger partial charge in [0.05, 0.1) is 5.56 Å². The molecular formula is C29H36N6O2. The topological polar surface area (TPSA) is 113 Å². The van der Waals surface area contributed by atoms with Crippen LogP contribution in [0.3, 0.4) is 0 Å². The zero-order valence-electron chi connectivity index (χ0n) is 22.2. The summed E-state index contributed by atoms with van der Waals surface area (Å²) in [5.41, 5.74) is 10.8. The fraction of sp³-hybridized carbons (Fsp3) is 0.379. The van der Waals surface area contributed by atoms with Crippen LogP contribution in [-0.2, 0) is 6.54 Å². The van der Waals surface area contributed by atoms with E-state index in [9.17, 15) is 9.59 Å². The molecule has 1 saturated carbocycles. The second kappa shape index (κ2) is 11.0. The van der Waals surface area contributed by atoms with Crippen LogP contribution in [0.25, 0.3) is 0 Å². The van der Waals surface area contributed by atoms with E-state index in [1.165, 1.54) is 22.9 Å². The van der Waals surface area contributed by atoms with Crippen molar-refractivity contribution in [3.05, 3.63) is 76.5 Å². The van der Waals surface area contributed by atoms with E-state index in [-0.39, 0.29) is 17.5 Å². The molecule has 4 N–H and O–H groups in total. The molecule has 4 rings (SSSR count). The molecule has 2 amide bonds. The van der Waals surface area contributed by atoms with E-state index in [0.717, 1.165) is 18.5 Å². The molecule has 1 aliphatic carbocycles. The molecule has 3 aromatic rings. The third kappa shape index (κ3) is 6.25. The summed E-state index contributed by atoms with van der Waals surface area (Å²) in [6, 6.07) is 14.0. The second-order valence-electron chi connectivity index (χ2n) is 10.2. The third-order valence-corrected chi connectivity index (χ3v) is 7.11. The number of amides is 2. The Balaban J connectivity index is 1.49. The molecule has 194 valence electrons. The molecule has 2 aromatic carbocycles. The highest BCUT2D eigenvalue weighted by Crippen LogP contribution is 2.31. The van der Waals surface area contributed by atoms with Gasteiger partial charge in [-0.3, -0.25) is 9.59 Å². The van der Waals surface area contributed by atoms with Crippen molar-refractivity contribution in [2.75, 3.05) is 10.6 Å². The third-order valence-electron chi connectivity index (χ3n) is 7.11. The number of primary amides is 1. The van der Waals surface area contributed by atoms with Gasteiger partial charge in [0, 0.05) is 36.1 Å². The number of nitrogens with zero attached hydrogens (tertiary/aromatic N) is 3. The molecule has 0 radical (unpaired) electrons. The number of benzene rings is 2. The average molecular weight is 501 g/mol. The first kappa shape index (κ1) is 26.1. The number of carbonyl (C=O) groups is 2. The van der Waals surface area contributed by atoms with Crippen LogP contribution in [0.1, 0.15) is 71.0 Å². The minimum atomic E-state index is -0.589. The largest absolute Gasteiger partial charge is 0.367 e. The molecule has 1 aliphatic rings. The molecule has 0 unspecified atom stereocenters. The number of hydrogen-bond acceptors (Lipinski definition) is 6. The lowest BCUT2D eigenvalue weighted by Gasteiger charge is -2.24. The fourth-order valence-corrected chi connectivity index (χ4v) is 4.03. The first-order valence-electron chi connectivity index (χ1n) is 12.8. The van der Waals surface area contributed by atoms with Gasteiger partial charge in [0.15, 0.2) is 0 Å². The van der Waals surface area contributed by atoms with Gasteiger partial charge in [0.1, 0.15) is 5.82 Å². The van der Waals surface area contributed by atoms with Gasteiger partial charge in [-0.25, -0.2) is 4.98 Å². The van der Waals surface area contributed by atoms with E-state index in [4.69, 9.17) is 5.73 Å². The maximum Gasteiger partial charge on any atom is 0.254 e. The highest BCUT2D eigenvalue weighted by atomic mass is 16.2. The summed E-state index contributed by atoms with van der Waals surface area (Å²) in [5.74, 6) is 0.504. The normalized spacial score (nSPS) is 13.8. The van der Waals surface area contributed by atoms with Gasteiger partial charge in [-0.15, -0.1) is 0 Å². The van der Waals surface area contributed by atoms with Gasteiger partial charge >= 0.3 is 0 Å². The number of nitrogens with two attached hydrogens (primary N) is 1. The maximum absolute atomic E-state index is 13.4. The van der Waals surface area contributed by atoms with Crippen LogP contribution >= 0.6 is 0 Å². The smallest absolute Gasteiger partial charge is 0.254 e. The predicted octanol–water partition coefficient (Wildman–Crippen LogP) is 5.20. The van der Waals surface area contributed by atoms with Crippen molar-refractivity contribution < 1.29 is 9.59 Å². The Morgan fingerprint density at radius 2 is 1.78 bits per heavy atom. The predicted molar refractivity (Wildman–Crippen MR) is 147 cm³/mol. The van der Waals surface area contributed by atoms with Gasteiger partial charge < -0.3 is 21.3 Å². The van der Waals surface area contributed by atoms with Gasteiger partial charge in [-0.05, 0) is 80.5 Å². The lowest BCUT2D eigenvalue weighted by molar-refractivity contribution is 0.0729. The van der Waals surface area contributed by atoms with Crippen LogP contribution in [-0.4, -0.2) is 38.8 Å². The van der Waals surface area contributed by atoms with Crippen molar-refractivity contribution in [1.82, 2.24) is 14.9 Å². The summed E-state index contributed by atoms with van der Waals surface area (Å²) in [4.78, 5) is 36.0. The summed E-state index contributed by atoms with van der Waals surface area (Å²) in [7, 11) is 0. The SMILES string of the molecule is Cc1cccc(CN(C(=O)c2ccc(Nc3ncc(C(N)=O)c(N[C@H](C)C(C)C)n3)cc2)C2CC2)c1C. The molecule has 1 atom stereocenters. The lowest BCUT2D eigenvalue weighted by atomic mass is 10.0. The molecule has 0 aliphatic heterocycles. The quantitative estimate of drug-likeness (QED) is 0.353. The van der Waals surface area contributed by atoms with Crippen LogP contribution in [0.4, 0.5) is 17.5 Å². The number of rotatable bonds is 10. The van der Waals surface area contributed by atoms with E-state index >= 15 is 0 Å². The highest BCUT2D eigenvalue weighted by molar-refractivity contribution is 5.97. The molecule has 8 heteroatoms. The standard InChI is InChI=1S/C29H36N6O2/c1-17(2)20(5)32-27-25(26(30)36)15-31-29(34-27)33-23-11-9-21(10-12-23)28(37)35(24-13-14-24)16-22-8-6-7-18(3)19(22)4/h6-12,15,17,20,24H,13-14,16H2,1-5H3,(H2,30,36)(H2,31,32,33,34)/t20-/m1/s1. The van der Waals surface area contributed by atoms with Crippen molar-refractivity contribution in [2.45, 2.75) is 66.1 Å². The Hall–Kier alpha value is -3.94. The maximum atomic E-state index is 13.4. The molecule has 1 aromatic heterocycles. The first-order chi connectivity index (χ1) is 17.6. The number of aromatic nitrogens is 2. The lowest BCUT2D eigenvalue weighted by Crippen LogP contribution is -2.32. The van der Waals surface area contributed by atoms with Crippen LogP contribution < -0.4 is 16.4 Å². The van der Waals surface area contributed by atoms with Crippen LogP contribution in [0.5, 0.6) is 0 Å². The second-order valence-corrected chi connectivity index (χ2v) is 10.2. The van der Waals surface area contributed by atoms with Crippen molar-refractivity contribution in [3.8, 4) is 0 Å². The van der Waals surface area contributed by atoms with Gasteiger partial charge in [-0.2, -0.15) is 4.98 Å². The molecule has 0 spiro atoms. The summed E-state index contributed by atoms with van der Waals surface area (Å²) in [6.45, 7) is 11.0. The van der Waals surface area contributed by atoms with Gasteiger partial charge in [0.25, 0.3) is 11.8 Å². The fourth-order valence-electron chi connectivity index (χ4n) is 4.03. The minimum absolute atomic E-state index is 0.0335. The van der Waals surface area contributed by atoms with E-state index < -0.39 is 5.91 Å². The van der Waals surface area contributed by atoms with E-state index in [1.807, 2.05) is 36.1 Å². The van der Waals surface area contributed by atoms with Crippen molar-refractivity contribution in [1.29, 1.82) is 0 Å². The molecule has 8 nitrogen and oxygen atoms in total. The number of carbonyl (C=O) groups excluding carboxylic acids is 2. The molecule has 0 saturated heterocycles. The highest BCUT2D eigenvalue weighted by Gasteiger charge is 2.33. The number of anilines is 3. The van der Waals surface area contributed by atoms with Crippen molar-refractivity contribution in [3.63, 3.8) is 0 Å². The Labute approximate surface area is 218 Å². The molecular weight excluding hydrogens is 464 g/mol. The number of nitrogens with one attached hydrogen (secondary N) is 2. The Kier molecular flexibility index (Phi) is 7.76. The zero-order valence-corrected chi connectivity index (χ0v) is 22.2. The Bertz CT molecular complexity index is 1280. The molecule has 37 heavy (non-hydrogen) atoms. The summed E-state index contributed by atoms with van der Waals surface area (Å²) >= 11 is 0. The first-order valence-corrected chi connectivity index (χ1v) is 12.8. The minimum Gasteiger partial charge on any atom is -0.367 e. The number of hydrogen-bond donors (Lipinski definition) is 3. The molecule has 1 fully saturated rings. The van der Waals surface area contributed by atoms with Crippen LogP contribution in [0.15, 0.2) is 48.7 Å². The zero-order chi connectivity index (χ0) is 26.7. The van der Waals surface area contributed by atoms with Crippen LogP contribution in [0, 0.1) is 19.8 Å². The molecule has 1 heterocycles. The van der Waals surface area contributed by atoms with Gasteiger partial charge in [0.2, 0.25) is 5.95 Å².